The number of alkyl halides is 3. The van der Waals surface area contributed by atoms with Crippen LogP contribution in [0, 0.1) is 0 Å². The number of nitrogens with one attached hydrogen (secondary N) is 3. The molecule has 0 unspecified atom stereocenters. The van der Waals surface area contributed by atoms with Crippen molar-refractivity contribution in [3.05, 3.63) is 58.2 Å². The van der Waals surface area contributed by atoms with Gasteiger partial charge in [0, 0.05) is 11.1 Å². The lowest BCUT2D eigenvalue weighted by atomic mass is 10.1. The minimum atomic E-state index is -4.79. The fourth-order valence-electron chi connectivity index (χ4n) is 2.66. The van der Waals surface area contributed by atoms with E-state index in [1.165, 1.54) is 12.1 Å². The summed E-state index contributed by atoms with van der Waals surface area (Å²) in [4.78, 5) is 41.0. The zero-order chi connectivity index (χ0) is 24.3. The zero-order valence-electron chi connectivity index (χ0n) is 16.1. The number of hydrogen-bond donors (Lipinski definition) is 5. The van der Waals surface area contributed by atoms with E-state index in [2.05, 4.69) is 20.0 Å². The summed E-state index contributed by atoms with van der Waals surface area (Å²) < 4.78 is 49.1. The maximum absolute atomic E-state index is 13.2. The molecule has 0 bridgehead atoms. The van der Waals surface area contributed by atoms with Crippen LogP contribution >= 0.6 is 11.6 Å². The molecule has 0 atom stereocenters. The number of benzene rings is 1. The molecule has 0 aliphatic heterocycles. The number of halogens is 4. The van der Waals surface area contributed by atoms with Gasteiger partial charge in [-0.3, -0.25) is 10.1 Å². The summed E-state index contributed by atoms with van der Waals surface area (Å²) in [6.45, 7) is 0. The quantitative estimate of drug-likeness (QED) is 0.326. The van der Waals surface area contributed by atoms with Crippen LogP contribution in [-0.2, 0) is 12.6 Å². The second-order valence-corrected chi connectivity index (χ2v) is 6.74. The van der Waals surface area contributed by atoms with Crippen molar-refractivity contribution in [3.63, 3.8) is 0 Å². The van der Waals surface area contributed by atoms with Crippen LogP contribution in [0.5, 0.6) is 5.95 Å². The highest BCUT2D eigenvalue weighted by molar-refractivity contribution is 6.30. The third-order valence-electron chi connectivity index (χ3n) is 3.93. The summed E-state index contributed by atoms with van der Waals surface area (Å²) in [7, 11) is 0. The van der Waals surface area contributed by atoms with Gasteiger partial charge in [0.2, 0.25) is 0 Å². The standard InChI is InChI=1S/C18H13ClF3N5O6/c19-7-1-3-10(9(5-7)18(20,21)22)24-16(29)27-15-13(14(23)28)25-11(26-15)6-8-2-4-12(32-8)33-17(30)31/h1-5H,6H2,(H2,23,28)(H,25,26)(H,30,31)(H2,24,27,29). The Morgan fingerprint density at radius 3 is 2.58 bits per heavy atom. The van der Waals surface area contributed by atoms with Gasteiger partial charge in [-0.05, 0) is 24.3 Å². The number of imidazole rings is 1. The molecule has 0 spiro atoms. The number of H-pyrrole nitrogens is 1. The van der Waals surface area contributed by atoms with E-state index < -0.39 is 35.5 Å². The molecule has 0 aliphatic rings. The minimum absolute atomic E-state index is 0.0674. The molecule has 3 aromatic rings. The molecule has 3 amide bonds. The molecular weight excluding hydrogens is 475 g/mol. The molecule has 0 fully saturated rings. The van der Waals surface area contributed by atoms with Crippen molar-refractivity contribution in [3.8, 4) is 5.95 Å². The highest BCUT2D eigenvalue weighted by atomic mass is 35.5. The van der Waals surface area contributed by atoms with E-state index in [4.69, 9.17) is 26.9 Å². The van der Waals surface area contributed by atoms with Crippen LogP contribution < -0.4 is 21.1 Å². The summed E-state index contributed by atoms with van der Waals surface area (Å²) in [5.41, 5.74) is 3.16. The smallest absolute Gasteiger partial charge is 0.449 e. The fourth-order valence-corrected chi connectivity index (χ4v) is 2.83. The number of urea groups is 1. The largest absolute Gasteiger partial charge is 0.513 e. The molecule has 1 aromatic carbocycles. The summed E-state index contributed by atoms with van der Waals surface area (Å²) in [6, 6.07) is 4.23. The van der Waals surface area contributed by atoms with Crippen LogP contribution in [0.1, 0.15) is 27.6 Å². The number of primary amides is 1. The number of carbonyl (C=O) groups is 3. The SMILES string of the molecule is NC(=O)c1[nH]c(Cc2ccc(OC(=O)O)o2)nc1NC(=O)Nc1ccc(Cl)cc1C(F)(F)F. The molecule has 15 heteroatoms. The van der Waals surface area contributed by atoms with Crippen molar-refractivity contribution >= 4 is 41.2 Å². The fraction of sp³-hybridized carbons (Fsp3) is 0.111. The number of aromatic nitrogens is 2. The Labute approximate surface area is 186 Å². The summed E-state index contributed by atoms with van der Waals surface area (Å²) in [6.07, 6.45) is -6.48. The van der Waals surface area contributed by atoms with E-state index in [1.807, 2.05) is 5.32 Å². The number of aromatic amines is 1. The molecule has 174 valence electrons. The van der Waals surface area contributed by atoms with Crippen molar-refractivity contribution in [1.82, 2.24) is 9.97 Å². The van der Waals surface area contributed by atoms with Gasteiger partial charge in [0.15, 0.2) is 5.82 Å². The van der Waals surface area contributed by atoms with Crippen molar-refractivity contribution in [2.75, 3.05) is 10.6 Å². The Bertz CT molecular complexity index is 1220. The Kier molecular flexibility index (Phi) is 6.48. The molecule has 2 aromatic heterocycles. The Morgan fingerprint density at radius 1 is 1.21 bits per heavy atom. The summed E-state index contributed by atoms with van der Waals surface area (Å²) in [5, 5.41) is 12.5. The van der Waals surface area contributed by atoms with Gasteiger partial charge in [0.1, 0.15) is 17.3 Å². The van der Waals surface area contributed by atoms with Gasteiger partial charge >= 0.3 is 18.4 Å². The molecule has 11 nitrogen and oxygen atoms in total. The van der Waals surface area contributed by atoms with Gasteiger partial charge in [-0.25, -0.2) is 14.6 Å². The topological polar surface area (TPSA) is 173 Å². The highest BCUT2D eigenvalue weighted by Gasteiger charge is 2.34. The third-order valence-corrected chi connectivity index (χ3v) is 4.17. The second kappa shape index (κ2) is 9.12. The van der Waals surface area contributed by atoms with E-state index >= 15 is 0 Å². The van der Waals surface area contributed by atoms with E-state index in [0.717, 1.165) is 12.1 Å². The number of hydrogen-bond acceptors (Lipinski definition) is 6. The van der Waals surface area contributed by atoms with Crippen LogP contribution in [0.2, 0.25) is 5.02 Å². The minimum Gasteiger partial charge on any atom is -0.449 e. The molecule has 0 saturated carbocycles. The number of nitrogens with two attached hydrogens (primary N) is 1. The number of carboxylic acid groups (broad SMARTS) is 1. The molecule has 3 rings (SSSR count). The first-order valence-corrected chi connectivity index (χ1v) is 9.13. The van der Waals surface area contributed by atoms with Crippen molar-refractivity contribution < 1.29 is 41.8 Å². The first-order valence-electron chi connectivity index (χ1n) is 8.75. The number of carbonyl (C=O) groups excluding carboxylic acids is 2. The van der Waals surface area contributed by atoms with Crippen LogP contribution in [0.15, 0.2) is 34.7 Å². The first-order chi connectivity index (χ1) is 15.4. The Balaban J connectivity index is 1.78. The monoisotopic (exact) mass is 487 g/mol. The van der Waals surface area contributed by atoms with Crippen molar-refractivity contribution in [2.45, 2.75) is 12.6 Å². The Morgan fingerprint density at radius 2 is 1.94 bits per heavy atom. The Hall–Kier alpha value is -4.20. The van der Waals surface area contributed by atoms with Gasteiger partial charge in [-0.2, -0.15) is 13.2 Å². The lowest BCUT2D eigenvalue weighted by Gasteiger charge is -2.14. The molecule has 6 N–H and O–H groups in total. The van der Waals surface area contributed by atoms with E-state index in [0.29, 0.717) is 6.07 Å². The number of anilines is 2. The number of rotatable bonds is 6. The highest BCUT2D eigenvalue weighted by Crippen LogP contribution is 2.36. The zero-order valence-corrected chi connectivity index (χ0v) is 16.9. The third kappa shape index (κ3) is 5.94. The van der Waals surface area contributed by atoms with Gasteiger partial charge in [0.05, 0.1) is 17.7 Å². The maximum Gasteiger partial charge on any atom is 0.513 e. The van der Waals surface area contributed by atoms with Crippen LogP contribution in [0.25, 0.3) is 0 Å². The van der Waals surface area contributed by atoms with Gasteiger partial charge in [0.25, 0.3) is 11.9 Å². The lowest BCUT2D eigenvalue weighted by Crippen LogP contribution is -2.24. The maximum atomic E-state index is 13.2. The predicted octanol–water partition coefficient (Wildman–Crippen LogP) is 4.07. The van der Waals surface area contributed by atoms with E-state index in [9.17, 15) is 27.6 Å². The molecule has 33 heavy (non-hydrogen) atoms. The van der Waals surface area contributed by atoms with Crippen LogP contribution in [-0.4, -0.2) is 33.2 Å². The number of nitrogens with zero attached hydrogens (tertiary/aromatic N) is 1. The average molecular weight is 488 g/mol. The number of furan rings is 1. The molecular formula is C18H13ClF3N5O6. The molecule has 2 heterocycles. The molecule has 0 aliphatic carbocycles. The molecule has 0 saturated heterocycles. The lowest BCUT2D eigenvalue weighted by molar-refractivity contribution is -0.136. The van der Waals surface area contributed by atoms with Gasteiger partial charge in [-0.1, -0.05) is 11.6 Å². The van der Waals surface area contributed by atoms with Crippen molar-refractivity contribution in [1.29, 1.82) is 0 Å². The molecule has 0 radical (unpaired) electrons. The first kappa shape index (κ1) is 23.5. The second-order valence-electron chi connectivity index (χ2n) is 6.30. The van der Waals surface area contributed by atoms with E-state index in [-0.39, 0.29) is 40.5 Å². The number of amides is 3. The number of ether oxygens (including phenoxy) is 1. The van der Waals surface area contributed by atoms with Crippen LogP contribution in [0.3, 0.4) is 0 Å². The van der Waals surface area contributed by atoms with Crippen molar-refractivity contribution in [2.24, 2.45) is 5.73 Å². The normalized spacial score (nSPS) is 11.2. The van der Waals surface area contributed by atoms with Gasteiger partial charge in [-0.15, -0.1) is 0 Å². The van der Waals surface area contributed by atoms with Crippen LogP contribution in [0.4, 0.5) is 34.3 Å². The predicted molar refractivity (Wildman–Crippen MR) is 106 cm³/mol. The van der Waals surface area contributed by atoms with Gasteiger partial charge < -0.3 is 30.3 Å². The summed E-state index contributed by atoms with van der Waals surface area (Å²) >= 11 is 5.60. The average Bonchev–Trinajstić information content (AvgIpc) is 3.28. The summed E-state index contributed by atoms with van der Waals surface area (Å²) in [5.74, 6) is -1.42. The van der Waals surface area contributed by atoms with E-state index in [1.54, 1.807) is 0 Å².